The first-order valence-corrected chi connectivity index (χ1v) is 15.1. The molecule has 0 bridgehead atoms. The summed E-state index contributed by atoms with van der Waals surface area (Å²) in [4.78, 5) is 18.8. The second-order valence-electron chi connectivity index (χ2n) is 10.8. The summed E-state index contributed by atoms with van der Waals surface area (Å²) in [6.45, 7) is 12.7. The summed E-state index contributed by atoms with van der Waals surface area (Å²) in [6.07, 6.45) is 9.22. The molecule has 1 heterocycles. The largest absolute Gasteiger partial charge is 0.331 e. The molecule has 0 spiro atoms. The molecule has 0 saturated carbocycles. The Morgan fingerprint density at radius 3 is 2.21 bits per heavy atom. The fourth-order valence-electron chi connectivity index (χ4n) is 5.43. The Hall–Kier alpha value is -2.52. The van der Waals surface area contributed by atoms with Crippen LogP contribution >= 0.6 is 11.6 Å². The fourth-order valence-corrected chi connectivity index (χ4v) is 5.56. The van der Waals surface area contributed by atoms with E-state index in [1.807, 2.05) is 24.3 Å². The monoisotopic (exact) mass is 534 g/mol. The smallest absolute Gasteiger partial charge is 0.257 e. The molecule has 1 unspecified atom stereocenters. The first-order valence-electron chi connectivity index (χ1n) is 14.7. The molecule has 1 aliphatic heterocycles. The molecule has 0 fully saturated rings. The normalized spacial score (nSPS) is 16.3. The number of carbonyl (C=O) groups is 1. The summed E-state index contributed by atoms with van der Waals surface area (Å²) >= 11 is 6.17. The van der Waals surface area contributed by atoms with Gasteiger partial charge in [0, 0.05) is 22.8 Å². The number of benzene rings is 2. The van der Waals surface area contributed by atoms with E-state index in [1.54, 1.807) is 0 Å². The molecule has 1 atom stereocenters. The van der Waals surface area contributed by atoms with E-state index in [9.17, 15) is 4.79 Å². The predicted octanol–water partition coefficient (Wildman–Crippen LogP) is 9.53. The van der Waals surface area contributed by atoms with E-state index in [0.717, 1.165) is 86.3 Å². The van der Waals surface area contributed by atoms with Crippen molar-refractivity contribution >= 4 is 17.5 Å². The number of hydrogen-bond acceptors (Lipinski definition) is 2. The number of allylic oxidation sites excluding steroid dienone is 2. The van der Waals surface area contributed by atoms with Crippen LogP contribution in [0.4, 0.5) is 0 Å². The first kappa shape index (κ1) is 30.0. The lowest BCUT2D eigenvalue weighted by molar-refractivity contribution is -0.128. The van der Waals surface area contributed by atoms with E-state index in [1.165, 1.54) is 16.8 Å². The molecule has 3 nitrogen and oxygen atoms in total. The Kier molecular flexibility index (Phi) is 12.0. The molecule has 38 heavy (non-hydrogen) atoms. The molecule has 0 aliphatic carbocycles. The van der Waals surface area contributed by atoms with Crippen LogP contribution in [0.25, 0.3) is 0 Å². The average Bonchev–Trinajstić information content (AvgIpc) is 2.92. The van der Waals surface area contributed by atoms with Gasteiger partial charge in [-0.2, -0.15) is 0 Å². The van der Waals surface area contributed by atoms with Crippen molar-refractivity contribution in [2.75, 3.05) is 6.54 Å². The first-order chi connectivity index (χ1) is 18.4. The van der Waals surface area contributed by atoms with Crippen molar-refractivity contribution in [3.8, 4) is 0 Å². The van der Waals surface area contributed by atoms with Crippen molar-refractivity contribution in [1.29, 1.82) is 0 Å². The zero-order valence-electron chi connectivity index (χ0n) is 24.2. The van der Waals surface area contributed by atoms with Crippen molar-refractivity contribution in [2.45, 2.75) is 99.0 Å². The SMILES string of the molecule is CCCCN1C(CCC)=C(CCCC(C)Cc2ccccc2)C(=O)N(Cc2ccc(Cl)cc2)/C1=C(\C)CC. The highest BCUT2D eigenvalue weighted by atomic mass is 35.5. The number of unbranched alkanes of at least 4 members (excludes halogenated alkanes) is 1. The van der Waals surface area contributed by atoms with Crippen LogP contribution in [0.1, 0.15) is 97.1 Å². The zero-order chi connectivity index (χ0) is 27.5. The lowest BCUT2D eigenvalue weighted by atomic mass is 9.92. The Bertz CT molecular complexity index is 1090. The van der Waals surface area contributed by atoms with Crippen molar-refractivity contribution in [3.63, 3.8) is 0 Å². The van der Waals surface area contributed by atoms with Crippen molar-refractivity contribution in [2.24, 2.45) is 5.92 Å². The molecule has 0 radical (unpaired) electrons. The third kappa shape index (κ3) is 7.99. The van der Waals surface area contributed by atoms with Gasteiger partial charge in [0.25, 0.3) is 5.91 Å². The molecule has 2 aromatic rings. The second-order valence-corrected chi connectivity index (χ2v) is 11.3. The number of amides is 1. The van der Waals surface area contributed by atoms with Crippen LogP contribution < -0.4 is 0 Å². The van der Waals surface area contributed by atoms with Crippen LogP contribution in [-0.4, -0.2) is 22.3 Å². The van der Waals surface area contributed by atoms with Gasteiger partial charge in [0.2, 0.25) is 0 Å². The quantitative estimate of drug-likeness (QED) is 0.241. The Morgan fingerprint density at radius 2 is 1.58 bits per heavy atom. The number of carbonyl (C=O) groups excluding carboxylic acids is 1. The van der Waals surface area contributed by atoms with E-state index in [-0.39, 0.29) is 5.91 Å². The second kappa shape index (κ2) is 15.2. The maximum atomic E-state index is 14.3. The molecule has 2 aromatic carbocycles. The van der Waals surface area contributed by atoms with Gasteiger partial charge in [-0.15, -0.1) is 0 Å². The molecule has 0 N–H and O–H groups in total. The number of hydrogen-bond donors (Lipinski definition) is 0. The Balaban J connectivity index is 1.92. The molecule has 0 saturated heterocycles. The standard InChI is InChI=1S/C34H47ClN2O/c1-6-9-23-36-32(14-7-2)31(18-13-15-26(4)24-28-16-11-10-12-17-28)34(38)37(33(36)27(5)8-3)25-29-19-21-30(35)22-20-29/h10-12,16-17,19-22,26H,6-9,13-15,18,23-25H2,1-5H3/b33-27+. The molecule has 4 heteroatoms. The summed E-state index contributed by atoms with van der Waals surface area (Å²) in [7, 11) is 0. The highest BCUT2D eigenvalue weighted by Gasteiger charge is 2.36. The highest BCUT2D eigenvalue weighted by molar-refractivity contribution is 6.30. The van der Waals surface area contributed by atoms with Gasteiger partial charge < -0.3 is 4.90 Å². The minimum Gasteiger partial charge on any atom is -0.331 e. The zero-order valence-corrected chi connectivity index (χ0v) is 25.0. The number of halogens is 1. The highest BCUT2D eigenvalue weighted by Crippen LogP contribution is 2.37. The van der Waals surface area contributed by atoms with Gasteiger partial charge in [-0.3, -0.25) is 9.69 Å². The minimum absolute atomic E-state index is 0.190. The third-order valence-electron chi connectivity index (χ3n) is 7.63. The summed E-state index contributed by atoms with van der Waals surface area (Å²) in [6, 6.07) is 18.7. The molecule has 1 aliphatic rings. The van der Waals surface area contributed by atoms with Gasteiger partial charge in [0.1, 0.15) is 5.82 Å². The van der Waals surface area contributed by atoms with Gasteiger partial charge in [0.15, 0.2) is 0 Å². The van der Waals surface area contributed by atoms with Crippen LogP contribution in [0, 0.1) is 5.92 Å². The molecule has 206 valence electrons. The summed E-state index contributed by atoms with van der Waals surface area (Å²) < 4.78 is 0. The van der Waals surface area contributed by atoms with Crippen molar-refractivity contribution in [1.82, 2.24) is 9.80 Å². The topological polar surface area (TPSA) is 23.6 Å². The van der Waals surface area contributed by atoms with Crippen LogP contribution in [0.3, 0.4) is 0 Å². The molecule has 3 rings (SSSR count). The Labute approximate surface area is 236 Å². The van der Waals surface area contributed by atoms with E-state index in [2.05, 4.69) is 74.8 Å². The van der Waals surface area contributed by atoms with Crippen molar-refractivity contribution < 1.29 is 4.79 Å². The third-order valence-corrected chi connectivity index (χ3v) is 7.88. The van der Waals surface area contributed by atoms with Crippen LogP contribution in [0.2, 0.25) is 5.02 Å². The van der Waals surface area contributed by atoms with Gasteiger partial charge in [0.05, 0.1) is 6.54 Å². The van der Waals surface area contributed by atoms with Gasteiger partial charge >= 0.3 is 0 Å². The van der Waals surface area contributed by atoms with E-state index in [0.29, 0.717) is 12.5 Å². The van der Waals surface area contributed by atoms with Gasteiger partial charge in [-0.1, -0.05) is 101 Å². The number of rotatable bonds is 14. The predicted molar refractivity (Wildman–Crippen MR) is 162 cm³/mol. The van der Waals surface area contributed by atoms with Crippen molar-refractivity contribution in [3.05, 3.63) is 93.4 Å². The lowest BCUT2D eigenvalue weighted by Gasteiger charge is -2.43. The summed E-state index contributed by atoms with van der Waals surface area (Å²) in [5, 5.41) is 0.722. The molecule has 1 amide bonds. The van der Waals surface area contributed by atoms with Crippen LogP contribution in [-0.2, 0) is 17.8 Å². The average molecular weight is 535 g/mol. The van der Waals surface area contributed by atoms with E-state index < -0.39 is 0 Å². The molecular weight excluding hydrogens is 488 g/mol. The maximum absolute atomic E-state index is 14.3. The van der Waals surface area contributed by atoms with Gasteiger partial charge in [-0.05, 0) is 80.2 Å². The summed E-state index contributed by atoms with van der Waals surface area (Å²) in [5.41, 5.74) is 6.06. The number of nitrogens with zero attached hydrogens (tertiary/aromatic N) is 2. The maximum Gasteiger partial charge on any atom is 0.257 e. The van der Waals surface area contributed by atoms with Crippen LogP contribution in [0.15, 0.2) is 77.3 Å². The molecule has 0 aromatic heterocycles. The van der Waals surface area contributed by atoms with E-state index >= 15 is 0 Å². The minimum atomic E-state index is 0.190. The fraction of sp³-hybridized carbons (Fsp3) is 0.500. The lowest BCUT2D eigenvalue weighted by Crippen LogP contribution is -2.46. The Morgan fingerprint density at radius 1 is 0.868 bits per heavy atom. The van der Waals surface area contributed by atoms with E-state index in [4.69, 9.17) is 11.6 Å². The summed E-state index contributed by atoms with van der Waals surface area (Å²) in [5.74, 6) is 1.88. The van der Waals surface area contributed by atoms with Gasteiger partial charge in [-0.25, -0.2) is 0 Å². The van der Waals surface area contributed by atoms with Crippen LogP contribution in [0.5, 0.6) is 0 Å². The molecular formula is C34H47ClN2O.